The van der Waals surface area contributed by atoms with Crippen molar-refractivity contribution < 1.29 is 15.0 Å². The second-order valence-electron chi connectivity index (χ2n) is 4.71. The van der Waals surface area contributed by atoms with Gasteiger partial charge >= 0.3 is 5.97 Å². The van der Waals surface area contributed by atoms with E-state index >= 15 is 0 Å². The Labute approximate surface area is 90.9 Å². The third-order valence-electron chi connectivity index (χ3n) is 2.99. The van der Waals surface area contributed by atoms with E-state index in [-0.39, 0.29) is 0 Å². The fraction of sp³-hybridized carbons (Fsp3) is 0.909. The van der Waals surface area contributed by atoms with E-state index in [4.69, 9.17) is 5.11 Å². The van der Waals surface area contributed by atoms with Crippen molar-refractivity contribution in [2.45, 2.75) is 51.2 Å². The summed E-state index contributed by atoms with van der Waals surface area (Å²) in [7, 11) is 0. The predicted molar refractivity (Wildman–Crippen MR) is 57.8 cm³/mol. The number of carbonyl (C=O) groups is 1. The van der Waals surface area contributed by atoms with Gasteiger partial charge in [-0.15, -0.1) is 0 Å². The molecule has 0 amide bonds. The Morgan fingerprint density at radius 3 is 2.73 bits per heavy atom. The Bertz CT molecular complexity index is 228. The largest absolute Gasteiger partial charge is 0.480 e. The van der Waals surface area contributed by atoms with Gasteiger partial charge in [-0.3, -0.25) is 9.69 Å². The van der Waals surface area contributed by atoms with Crippen molar-refractivity contribution in [1.29, 1.82) is 0 Å². The van der Waals surface area contributed by atoms with Crippen LogP contribution in [0.25, 0.3) is 0 Å². The summed E-state index contributed by atoms with van der Waals surface area (Å²) < 4.78 is 0. The molecule has 0 radical (unpaired) electrons. The molecule has 1 rings (SSSR count). The monoisotopic (exact) mass is 215 g/mol. The topological polar surface area (TPSA) is 60.8 Å². The second-order valence-corrected chi connectivity index (χ2v) is 4.71. The first-order valence-electron chi connectivity index (χ1n) is 5.65. The average Bonchev–Trinajstić information content (AvgIpc) is 2.11. The van der Waals surface area contributed by atoms with Crippen molar-refractivity contribution in [3.8, 4) is 0 Å². The summed E-state index contributed by atoms with van der Waals surface area (Å²) in [6.07, 6.45) is 3.16. The van der Waals surface area contributed by atoms with Crippen molar-refractivity contribution in [2.75, 3.05) is 13.1 Å². The highest BCUT2D eigenvalue weighted by Gasteiger charge is 2.34. The molecule has 2 atom stereocenters. The second kappa shape index (κ2) is 4.94. The van der Waals surface area contributed by atoms with Crippen LogP contribution in [-0.4, -0.2) is 45.8 Å². The van der Waals surface area contributed by atoms with Gasteiger partial charge in [0.05, 0.1) is 5.60 Å². The van der Waals surface area contributed by atoms with E-state index in [0.717, 1.165) is 25.8 Å². The summed E-state index contributed by atoms with van der Waals surface area (Å²) in [4.78, 5) is 13.0. The minimum atomic E-state index is -0.769. The lowest BCUT2D eigenvalue weighted by Crippen LogP contribution is -2.52. The summed E-state index contributed by atoms with van der Waals surface area (Å²) in [6.45, 7) is 5.03. The van der Waals surface area contributed by atoms with Gasteiger partial charge in [-0.25, -0.2) is 0 Å². The highest BCUT2D eigenvalue weighted by atomic mass is 16.4. The summed E-state index contributed by atoms with van der Waals surface area (Å²) in [6, 6.07) is -0.429. The van der Waals surface area contributed by atoms with Crippen LogP contribution in [0.2, 0.25) is 0 Å². The molecule has 0 saturated carbocycles. The first-order valence-corrected chi connectivity index (χ1v) is 5.65. The fourth-order valence-electron chi connectivity index (χ4n) is 2.26. The molecular formula is C11H21NO3. The number of carboxylic acid groups (broad SMARTS) is 1. The van der Waals surface area contributed by atoms with Crippen LogP contribution in [0.1, 0.15) is 39.5 Å². The van der Waals surface area contributed by atoms with Crippen molar-refractivity contribution in [3.05, 3.63) is 0 Å². The maximum absolute atomic E-state index is 11.1. The number of piperidine rings is 1. The minimum absolute atomic E-state index is 0.429. The van der Waals surface area contributed by atoms with Gasteiger partial charge in [0, 0.05) is 6.54 Å². The van der Waals surface area contributed by atoms with Crippen LogP contribution in [-0.2, 0) is 4.79 Å². The van der Waals surface area contributed by atoms with E-state index in [1.54, 1.807) is 6.92 Å². The van der Waals surface area contributed by atoms with E-state index < -0.39 is 17.6 Å². The number of likely N-dealkylation sites (tertiary alicyclic amines) is 1. The van der Waals surface area contributed by atoms with Crippen molar-refractivity contribution in [2.24, 2.45) is 0 Å². The summed E-state index contributed by atoms with van der Waals surface area (Å²) in [5, 5.41) is 19.0. The van der Waals surface area contributed by atoms with Gasteiger partial charge in [0.2, 0.25) is 0 Å². The number of nitrogens with zero attached hydrogens (tertiary/aromatic N) is 1. The maximum atomic E-state index is 11.1. The molecule has 0 aromatic rings. The van der Waals surface area contributed by atoms with Crippen LogP contribution in [0, 0.1) is 0 Å². The highest BCUT2D eigenvalue weighted by Crippen LogP contribution is 2.23. The molecule has 0 spiro atoms. The number of aliphatic carboxylic acids is 1. The molecule has 15 heavy (non-hydrogen) atoms. The number of aliphatic hydroxyl groups is 1. The molecule has 4 nitrogen and oxygen atoms in total. The first-order chi connectivity index (χ1) is 6.96. The molecule has 2 unspecified atom stereocenters. The summed E-state index contributed by atoms with van der Waals surface area (Å²) in [5.74, 6) is -0.769. The number of rotatable bonds is 4. The standard InChI is InChI=1S/C11H21NO3/c1-3-5-9(10(13)14)12-7-4-6-11(2,15)8-12/h9,15H,3-8H2,1-2H3,(H,13,14). The third kappa shape index (κ3) is 3.47. The zero-order valence-corrected chi connectivity index (χ0v) is 9.57. The molecule has 0 bridgehead atoms. The van der Waals surface area contributed by atoms with Crippen LogP contribution in [0.3, 0.4) is 0 Å². The summed E-state index contributed by atoms with van der Waals surface area (Å²) in [5.41, 5.74) is -0.723. The zero-order valence-electron chi connectivity index (χ0n) is 9.57. The van der Waals surface area contributed by atoms with Crippen LogP contribution < -0.4 is 0 Å². The quantitative estimate of drug-likeness (QED) is 0.737. The lowest BCUT2D eigenvalue weighted by Gasteiger charge is -2.39. The van der Waals surface area contributed by atoms with E-state index in [1.165, 1.54) is 0 Å². The maximum Gasteiger partial charge on any atom is 0.320 e. The minimum Gasteiger partial charge on any atom is -0.480 e. The Morgan fingerprint density at radius 2 is 2.27 bits per heavy atom. The SMILES string of the molecule is CCCC(C(=O)O)N1CCCC(C)(O)C1. The smallest absolute Gasteiger partial charge is 0.320 e. The summed E-state index contributed by atoms with van der Waals surface area (Å²) >= 11 is 0. The Kier molecular flexibility index (Phi) is 4.11. The number of hydrogen-bond acceptors (Lipinski definition) is 3. The van der Waals surface area contributed by atoms with Gasteiger partial charge in [-0.1, -0.05) is 13.3 Å². The predicted octanol–water partition coefficient (Wildman–Crippen LogP) is 1.09. The van der Waals surface area contributed by atoms with Crippen LogP contribution >= 0.6 is 0 Å². The fourth-order valence-corrected chi connectivity index (χ4v) is 2.26. The zero-order chi connectivity index (χ0) is 11.5. The van der Waals surface area contributed by atoms with Crippen molar-refractivity contribution in [1.82, 2.24) is 4.90 Å². The molecular weight excluding hydrogens is 194 g/mol. The van der Waals surface area contributed by atoms with E-state index in [2.05, 4.69) is 0 Å². The third-order valence-corrected chi connectivity index (χ3v) is 2.99. The van der Waals surface area contributed by atoms with Gasteiger partial charge in [-0.2, -0.15) is 0 Å². The Balaban J connectivity index is 2.63. The lowest BCUT2D eigenvalue weighted by molar-refractivity contribution is -0.146. The average molecular weight is 215 g/mol. The molecule has 2 N–H and O–H groups in total. The molecule has 88 valence electrons. The van der Waals surface area contributed by atoms with Crippen molar-refractivity contribution >= 4 is 5.97 Å². The van der Waals surface area contributed by atoms with Gasteiger partial charge in [0.25, 0.3) is 0 Å². The normalized spacial score (nSPS) is 30.1. The van der Waals surface area contributed by atoms with Gasteiger partial charge in [0.1, 0.15) is 6.04 Å². The Morgan fingerprint density at radius 1 is 1.60 bits per heavy atom. The molecule has 0 aromatic carbocycles. The van der Waals surface area contributed by atoms with Gasteiger partial charge in [0.15, 0.2) is 0 Å². The van der Waals surface area contributed by atoms with Crippen LogP contribution in [0.5, 0.6) is 0 Å². The molecule has 1 heterocycles. The highest BCUT2D eigenvalue weighted by molar-refractivity contribution is 5.73. The molecule has 1 saturated heterocycles. The van der Waals surface area contributed by atoms with E-state index in [0.29, 0.717) is 13.0 Å². The van der Waals surface area contributed by atoms with E-state index in [9.17, 15) is 9.90 Å². The molecule has 1 aliphatic heterocycles. The first kappa shape index (κ1) is 12.5. The lowest BCUT2D eigenvalue weighted by atomic mass is 9.93. The van der Waals surface area contributed by atoms with Crippen molar-refractivity contribution in [3.63, 3.8) is 0 Å². The van der Waals surface area contributed by atoms with Crippen LogP contribution in [0.4, 0.5) is 0 Å². The Hall–Kier alpha value is -0.610. The van der Waals surface area contributed by atoms with Crippen LogP contribution in [0.15, 0.2) is 0 Å². The van der Waals surface area contributed by atoms with Gasteiger partial charge in [-0.05, 0) is 32.7 Å². The molecule has 1 aliphatic rings. The molecule has 0 aromatic heterocycles. The number of carboxylic acids is 1. The number of hydrogen-bond donors (Lipinski definition) is 2. The molecule has 1 fully saturated rings. The number of β-amino-alcohol motifs (C(OH)–C–C–N with tert-alkyl or cyclic N) is 1. The molecule has 0 aliphatic carbocycles. The van der Waals surface area contributed by atoms with E-state index in [1.807, 2.05) is 11.8 Å². The molecule has 4 heteroatoms. The van der Waals surface area contributed by atoms with Gasteiger partial charge < -0.3 is 10.2 Å².